The topological polar surface area (TPSA) is 86.5 Å². The highest BCUT2D eigenvalue weighted by atomic mass is 35.5. The smallest absolute Gasteiger partial charge is 0.149 e. The van der Waals surface area contributed by atoms with Gasteiger partial charge < -0.3 is 5.73 Å². The highest BCUT2D eigenvalue weighted by molar-refractivity contribution is 6.31. The third-order valence-electron chi connectivity index (χ3n) is 2.53. The van der Waals surface area contributed by atoms with E-state index in [-0.39, 0.29) is 27.7 Å². The normalized spacial score (nSPS) is 9.68. The van der Waals surface area contributed by atoms with Crippen molar-refractivity contribution in [2.24, 2.45) is 0 Å². The highest BCUT2D eigenvalue weighted by Crippen LogP contribution is 2.31. The van der Waals surface area contributed by atoms with E-state index in [0.717, 1.165) is 0 Å². The molecule has 1 aromatic heterocycles. The molecule has 92 valence electrons. The minimum absolute atomic E-state index is 0.0238. The molecule has 0 aliphatic rings. The summed E-state index contributed by atoms with van der Waals surface area (Å²) < 4.78 is 12.9. The molecule has 0 saturated heterocycles. The third-order valence-corrected chi connectivity index (χ3v) is 2.81. The molecule has 0 radical (unpaired) electrons. The minimum Gasteiger partial charge on any atom is -0.396 e. The summed E-state index contributed by atoms with van der Waals surface area (Å²) in [4.78, 5) is 3.99. The summed E-state index contributed by atoms with van der Waals surface area (Å²) in [6.45, 7) is 0. The van der Waals surface area contributed by atoms with E-state index in [1.165, 1.54) is 24.3 Å². The van der Waals surface area contributed by atoms with Crippen molar-refractivity contribution in [2.75, 3.05) is 5.73 Å². The van der Waals surface area contributed by atoms with Crippen LogP contribution in [0.3, 0.4) is 0 Å². The van der Waals surface area contributed by atoms with Crippen molar-refractivity contribution in [1.82, 2.24) is 4.98 Å². The summed E-state index contributed by atoms with van der Waals surface area (Å²) in [5.41, 5.74) is 6.44. The van der Waals surface area contributed by atoms with Gasteiger partial charge in [-0.25, -0.2) is 9.37 Å². The molecule has 0 aliphatic heterocycles. The molecule has 2 aromatic rings. The minimum atomic E-state index is -0.407. The van der Waals surface area contributed by atoms with Crippen LogP contribution < -0.4 is 5.73 Å². The first-order chi connectivity index (χ1) is 9.08. The molecule has 0 atom stereocenters. The van der Waals surface area contributed by atoms with E-state index >= 15 is 0 Å². The molecular weight excluding hydrogens is 267 g/mol. The van der Waals surface area contributed by atoms with Crippen LogP contribution in [0.4, 0.5) is 10.1 Å². The predicted molar refractivity (Wildman–Crippen MR) is 68.5 cm³/mol. The lowest BCUT2D eigenvalue weighted by Crippen LogP contribution is -2.01. The maximum absolute atomic E-state index is 12.9. The monoisotopic (exact) mass is 272 g/mol. The van der Waals surface area contributed by atoms with E-state index in [1.54, 1.807) is 6.07 Å². The van der Waals surface area contributed by atoms with E-state index in [4.69, 9.17) is 27.9 Å². The van der Waals surface area contributed by atoms with Crippen LogP contribution in [0.2, 0.25) is 5.15 Å². The van der Waals surface area contributed by atoms with Gasteiger partial charge in [-0.05, 0) is 24.3 Å². The Balaban J connectivity index is 2.75. The molecular formula is C13H6ClFN4. The molecule has 19 heavy (non-hydrogen) atoms. The molecule has 0 spiro atoms. The Morgan fingerprint density at radius 3 is 2.21 bits per heavy atom. The number of hydrogen-bond donors (Lipinski definition) is 1. The first-order valence-corrected chi connectivity index (χ1v) is 5.51. The lowest BCUT2D eigenvalue weighted by molar-refractivity contribution is 0.628. The molecule has 1 heterocycles. The molecule has 4 nitrogen and oxygen atoms in total. The van der Waals surface area contributed by atoms with E-state index in [1.807, 2.05) is 6.07 Å². The molecule has 1 aromatic carbocycles. The van der Waals surface area contributed by atoms with Gasteiger partial charge in [0.1, 0.15) is 34.2 Å². The van der Waals surface area contributed by atoms with E-state index < -0.39 is 5.82 Å². The number of nitrogens with zero attached hydrogens (tertiary/aromatic N) is 3. The van der Waals surface area contributed by atoms with Gasteiger partial charge in [-0.3, -0.25) is 0 Å². The van der Waals surface area contributed by atoms with Crippen molar-refractivity contribution in [3.05, 3.63) is 46.4 Å². The average molecular weight is 273 g/mol. The number of rotatable bonds is 1. The van der Waals surface area contributed by atoms with Crippen LogP contribution in [-0.2, 0) is 0 Å². The van der Waals surface area contributed by atoms with E-state index in [0.29, 0.717) is 5.56 Å². The number of nitrogens with two attached hydrogens (primary N) is 1. The van der Waals surface area contributed by atoms with E-state index in [9.17, 15) is 4.39 Å². The maximum atomic E-state index is 12.9. The summed E-state index contributed by atoms with van der Waals surface area (Å²) in [6.07, 6.45) is 0. The quantitative estimate of drug-likeness (QED) is 0.809. The van der Waals surface area contributed by atoms with Gasteiger partial charge in [0.15, 0.2) is 0 Å². The van der Waals surface area contributed by atoms with Gasteiger partial charge in [0.25, 0.3) is 0 Å². The molecule has 0 fully saturated rings. The number of halogens is 2. The van der Waals surface area contributed by atoms with Gasteiger partial charge >= 0.3 is 0 Å². The predicted octanol–water partition coefficient (Wildman–Crippen LogP) is 2.87. The Bertz CT molecular complexity index is 726. The van der Waals surface area contributed by atoms with Crippen molar-refractivity contribution in [1.29, 1.82) is 10.5 Å². The Morgan fingerprint density at radius 2 is 1.68 bits per heavy atom. The lowest BCUT2D eigenvalue weighted by atomic mass is 10.0. The van der Waals surface area contributed by atoms with Crippen molar-refractivity contribution in [3.63, 3.8) is 0 Å². The number of benzene rings is 1. The molecule has 2 N–H and O–H groups in total. The summed E-state index contributed by atoms with van der Waals surface area (Å²) in [7, 11) is 0. The van der Waals surface area contributed by atoms with Crippen molar-refractivity contribution < 1.29 is 4.39 Å². The van der Waals surface area contributed by atoms with Crippen molar-refractivity contribution in [2.45, 2.75) is 0 Å². The van der Waals surface area contributed by atoms with Gasteiger partial charge in [-0.1, -0.05) is 11.6 Å². The second kappa shape index (κ2) is 4.93. The molecule has 0 bridgehead atoms. The Morgan fingerprint density at radius 1 is 1.11 bits per heavy atom. The first-order valence-electron chi connectivity index (χ1n) is 5.13. The summed E-state index contributed by atoms with van der Waals surface area (Å²) >= 11 is 5.85. The van der Waals surface area contributed by atoms with Gasteiger partial charge in [-0.2, -0.15) is 10.5 Å². The van der Waals surface area contributed by atoms with Crippen LogP contribution in [-0.4, -0.2) is 4.98 Å². The fraction of sp³-hybridized carbons (Fsp3) is 0. The zero-order valence-corrected chi connectivity index (χ0v) is 10.2. The fourth-order valence-electron chi connectivity index (χ4n) is 1.61. The fourth-order valence-corrected chi connectivity index (χ4v) is 1.84. The Kier molecular flexibility index (Phi) is 3.33. The zero-order valence-electron chi connectivity index (χ0n) is 9.48. The number of hydrogen-bond acceptors (Lipinski definition) is 4. The molecule has 0 amide bonds. The summed E-state index contributed by atoms with van der Waals surface area (Å²) in [5, 5.41) is 17.9. The average Bonchev–Trinajstić information content (AvgIpc) is 2.39. The zero-order chi connectivity index (χ0) is 14.0. The number of aromatic nitrogens is 1. The summed E-state index contributed by atoms with van der Waals surface area (Å²) in [5.74, 6) is -0.407. The molecule has 0 aliphatic carbocycles. The lowest BCUT2D eigenvalue weighted by Gasteiger charge is -2.08. The maximum Gasteiger partial charge on any atom is 0.149 e. The van der Waals surface area contributed by atoms with Crippen LogP contribution in [0.25, 0.3) is 11.3 Å². The van der Waals surface area contributed by atoms with Gasteiger partial charge in [0, 0.05) is 5.56 Å². The van der Waals surface area contributed by atoms with Gasteiger partial charge in [0.05, 0.1) is 11.4 Å². The van der Waals surface area contributed by atoms with Crippen LogP contribution in [0.1, 0.15) is 11.1 Å². The van der Waals surface area contributed by atoms with Crippen LogP contribution in [0, 0.1) is 28.5 Å². The number of pyridine rings is 1. The summed E-state index contributed by atoms with van der Waals surface area (Å²) in [6, 6.07) is 9.07. The first kappa shape index (κ1) is 12.8. The number of nitriles is 2. The SMILES string of the molecule is N#Cc1c(Cl)nc(-c2ccc(F)cc2)c(C#N)c1N. The Labute approximate surface area is 113 Å². The molecule has 6 heteroatoms. The molecule has 0 unspecified atom stereocenters. The number of anilines is 1. The van der Waals surface area contributed by atoms with Crippen molar-refractivity contribution >= 4 is 17.3 Å². The van der Waals surface area contributed by atoms with Crippen LogP contribution in [0.15, 0.2) is 24.3 Å². The van der Waals surface area contributed by atoms with Crippen molar-refractivity contribution in [3.8, 4) is 23.4 Å². The molecule has 0 saturated carbocycles. The second-order valence-corrected chi connectivity index (χ2v) is 4.00. The Hall–Kier alpha value is -2.63. The van der Waals surface area contributed by atoms with Crippen LogP contribution in [0.5, 0.6) is 0 Å². The standard InChI is InChI=1S/C13H6ClFN4/c14-13-10(6-17)11(18)9(5-16)12(19-13)7-1-3-8(15)4-2-7/h1-4H,(H2,18,19). The van der Waals surface area contributed by atoms with Gasteiger partial charge in [0.2, 0.25) is 0 Å². The van der Waals surface area contributed by atoms with E-state index in [2.05, 4.69) is 4.98 Å². The number of nitrogen functional groups attached to an aromatic ring is 1. The molecule has 2 rings (SSSR count). The highest BCUT2D eigenvalue weighted by Gasteiger charge is 2.17. The largest absolute Gasteiger partial charge is 0.396 e. The second-order valence-electron chi connectivity index (χ2n) is 3.65. The van der Waals surface area contributed by atoms with Gasteiger partial charge in [-0.15, -0.1) is 0 Å². The van der Waals surface area contributed by atoms with Crippen LogP contribution >= 0.6 is 11.6 Å². The third kappa shape index (κ3) is 2.20.